The molecule has 0 heterocycles. The third-order valence-electron chi connectivity index (χ3n) is 1.65. The highest BCUT2D eigenvalue weighted by molar-refractivity contribution is 6.28. The van der Waals surface area contributed by atoms with Crippen molar-refractivity contribution in [2.75, 3.05) is 13.0 Å². The minimum atomic E-state index is -0.782. The van der Waals surface area contributed by atoms with Crippen molar-refractivity contribution in [2.45, 2.75) is 0 Å². The number of nitrogens with zero attached hydrogens (tertiary/aromatic N) is 1. The Balaban J connectivity index is 3.22. The van der Waals surface area contributed by atoms with Gasteiger partial charge >= 0.3 is 0 Å². The fourth-order valence-electron chi connectivity index (χ4n) is 0.968. The SMILES string of the molecule is COc1cc(F)c(O)cc1N=C(N)CCl. The van der Waals surface area contributed by atoms with E-state index >= 15 is 0 Å². The molecule has 0 radical (unpaired) electrons. The van der Waals surface area contributed by atoms with E-state index in [1.54, 1.807) is 0 Å². The molecule has 1 aromatic rings. The molecule has 0 spiro atoms. The molecule has 0 aliphatic heterocycles. The van der Waals surface area contributed by atoms with Gasteiger partial charge in [0.1, 0.15) is 17.3 Å². The summed E-state index contributed by atoms with van der Waals surface area (Å²) < 4.78 is 17.8. The second kappa shape index (κ2) is 4.84. The normalized spacial score (nSPS) is 11.5. The molecule has 0 saturated carbocycles. The van der Waals surface area contributed by atoms with Gasteiger partial charge in [-0.1, -0.05) is 0 Å². The van der Waals surface area contributed by atoms with Crippen LogP contribution < -0.4 is 10.5 Å². The van der Waals surface area contributed by atoms with Crippen molar-refractivity contribution < 1.29 is 14.2 Å². The molecular formula is C9H10ClFN2O2. The van der Waals surface area contributed by atoms with Crippen molar-refractivity contribution in [3.63, 3.8) is 0 Å². The molecule has 3 N–H and O–H groups in total. The summed E-state index contributed by atoms with van der Waals surface area (Å²) in [6.45, 7) is 0. The van der Waals surface area contributed by atoms with E-state index in [1.165, 1.54) is 7.11 Å². The number of rotatable bonds is 3. The van der Waals surface area contributed by atoms with E-state index in [0.29, 0.717) is 0 Å². The Hall–Kier alpha value is -1.49. The van der Waals surface area contributed by atoms with E-state index in [9.17, 15) is 4.39 Å². The van der Waals surface area contributed by atoms with Crippen molar-refractivity contribution in [2.24, 2.45) is 10.7 Å². The summed E-state index contributed by atoms with van der Waals surface area (Å²) in [5.41, 5.74) is 5.63. The Labute approximate surface area is 91.1 Å². The van der Waals surface area contributed by atoms with Crippen LogP contribution in [0.1, 0.15) is 0 Å². The molecule has 0 unspecified atom stereocenters. The predicted molar refractivity (Wildman–Crippen MR) is 56.6 cm³/mol. The van der Waals surface area contributed by atoms with Crippen molar-refractivity contribution in [1.29, 1.82) is 0 Å². The van der Waals surface area contributed by atoms with Crippen LogP contribution in [0.3, 0.4) is 0 Å². The second-order valence-electron chi connectivity index (χ2n) is 2.71. The van der Waals surface area contributed by atoms with Crippen LogP contribution in [-0.4, -0.2) is 23.9 Å². The van der Waals surface area contributed by atoms with Crippen molar-refractivity contribution in [3.05, 3.63) is 17.9 Å². The lowest BCUT2D eigenvalue weighted by atomic mass is 10.2. The summed E-state index contributed by atoms with van der Waals surface area (Å²) >= 11 is 5.44. The van der Waals surface area contributed by atoms with Gasteiger partial charge in [0.05, 0.1) is 13.0 Å². The van der Waals surface area contributed by atoms with E-state index < -0.39 is 11.6 Å². The van der Waals surface area contributed by atoms with Gasteiger partial charge in [0.15, 0.2) is 11.6 Å². The molecule has 0 aliphatic rings. The van der Waals surface area contributed by atoms with Crippen LogP contribution in [0.4, 0.5) is 10.1 Å². The minimum absolute atomic E-state index is 0.0429. The molecule has 82 valence electrons. The maximum absolute atomic E-state index is 12.9. The minimum Gasteiger partial charge on any atom is -0.505 e. The Kier molecular flexibility index (Phi) is 3.74. The lowest BCUT2D eigenvalue weighted by molar-refractivity contribution is 0.400. The molecule has 0 atom stereocenters. The molecule has 4 nitrogen and oxygen atoms in total. The molecule has 1 aromatic carbocycles. The highest BCUT2D eigenvalue weighted by Crippen LogP contribution is 2.33. The topological polar surface area (TPSA) is 67.8 Å². The van der Waals surface area contributed by atoms with Gasteiger partial charge in [0, 0.05) is 12.1 Å². The number of halogens is 2. The fraction of sp³-hybridized carbons (Fsp3) is 0.222. The first-order valence-corrected chi connectivity index (χ1v) is 4.57. The van der Waals surface area contributed by atoms with Crippen LogP contribution in [0.25, 0.3) is 0 Å². The number of methoxy groups -OCH3 is 1. The Morgan fingerprint density at radius 3 is 2.87 bits per heavy atom. The van der Waals surface area contributed by atoms with Crippen LogP contribution >= 0.6 is 11.6 Å². The number of benzene rings is 1. The maximum atomic E-state index is 12.9. The Morgan fingerprint density at radius 1 is 1.67 bits per heavy atom. The second-order valence-corrected chi connectivity index (χ2v) is 2.98. The molecule has 1 rings (SSSR count). The molecule has 0 aromatic heterocycles. The van der Waals surface area contributed by atoms with Crippen LogP contribution in [0, 0.1) is 5.82 Å². The number of nitrogens with two attached hydrogens (primary N) is 1. The van der Waals surface area contributed by atoms with Crippen molar-refractivity contribution in [3.8, 4) is 11.5 Å². The van der Waals surface area contributed by atoms with Gasteiger partial charge < -0.3 is 15.6 Å². The average molecular weight is 233 g/mol. The van der Waals surface area contributed by atoms with Crippen LogP contribution in [0.15, 0.2) is 17.1 Å². The first kappa shape index (κ1) is 11.6. The molecule has 0 fully saturated rings. The van der Waals surface area contributed by atoms with E-state index in [2.05, 4.69) is 4.99 Å². The number of aromatic hydroxyl groups is 1. The highest BCUT2D eigenvalue weighted by atomic mass is 35.5. The highest BCUT2D eigenvalue weighted by Gasteiger charge is 2.09. The molecule has 0 amide bonds. The number of amidine groups is 1. The van der Waals surface area contributed by atoms with Crippen LogP contribution in [-0.2, 0) is 0 Å². The Bertz CT molecular complexity index is 396. The number of phenolic OH excluding ortho intramolecular Hbond substituents is 1. The molecule has 0 aliphatic carbocycles. The lowest BCUT2D eigenvalue weighted by Crippen LogP contribution is -2.12. The summed E-state index contributed by atoms with van der Waals surface area (Å²) in [4.78, 5) is 3.86. The van der Waals surface area contributed by atoms with Crippen LogP contribution in [0.5, 0.6) is 11.5 Å². The molecule has 6 heteroatoms. The fourth-order valence-corrected chi connectivity index (χ4v) is 1.03. The molecular weight excluding hydrogens is 223 g/mol. The largest absolute Gasteiger partial charge is 0.505 e. The van der Waals surface area contributed by atoms with E-state index in [1.807, 2.05) is 0 Å². The van der Waals surface area contributed by atoms with Gasteiger partial charge in [-0.15, -0.1) is 11.6 Å². The summed E-state index contributed by atoms with van der Waals surface area (Å²) in [5.74, 6) is -0.923. The van der Waals surface area contributed by atoms with E-state index in [0.717, 1.165) is 12.1 Å². The summed E-state index contributed by atoms with van der Waals surface area (Å²) in [5, 5.41) is 9.13. The smallest absolute Gasteiger partial charge is 0.168 e. The number of aliphatic imine (C=N–C) groups is 1. The third-order valence-corrected chi connectivity index (χ3v) is 1.92. The number of ether oxygens (including phenoxy) is 1. The van der Waals surface area contributed by atoms with Crippen molar-refractivity contribution in [1.82, 2.24) is 0 Å². The zero-order valence-corrected chi connectivity index (χ0v) is 8.75. The number of phenols is 1. The number of hydrogen-bond acceptors (Lipinski definition) is 3. The predicted octanol–water partition coefficient (Wildman–Crippen LogP) is 1.77. The zero-order valence-electron chi connectivity index (χ0n) is 8.00. The zero-order chi connectivity index (χ0) is 11.4. The average Bonchev–Trinajstić information content (AvgIpc) is 2.22. The monoisotopic (exact) mass is 232 g/mol. The number of hydrogen-bond donors (Lipinski definition) is 2. The Morgan fingerprint density at radius 2 is 2.33 bits per heavy atom. The van der Waals surface area contributed by atoms with Gasteiger partial charge in [-0.05, 0) is 0 Å². The number of alkyl halides is 1. The first-order chi connectivity index (χ1) is 7.08. The van der Waals surface area contributed by atoms with Gasteiger partial charge in [-0.3, -0.25) is 0 Å². The van der Waals surface area contributed by atoms with Gasteiger partial charge in [-0.2, -0.15) is 0 Å². The van der Waals surface area contributed by atoms with Crippen molar-refractivity contribution >= 4 is 23.1 Å². The first-order valence-electron chi connectivity index (χ1n) is 4.04. The lowest BCUT2D eigenvalue weighted by Gasteiger charge is -2.06. The van der Waals surface area contributed by atoms with E-state index in [-0.39, 0.29) is 23.2 Å². The summed E-state index contributed by atoms with van der Waals surface area (Å²) in [7, 11) is 1.36. The summed E-state index contributed by atoms with van der Waals surface area (Å²) in [6.07, 6.45) is 0. The van der Waals surface area contributed by atoms with E-state index in [4.69, 9.17) is 27.2 Å². The quantitative estimate of drug-likeness (QED) is 0.474. The molecule has 0 saturated heterocycles. The van der Waals surface area contributed by atoms with Crippen LogP contribution in [0.2, 0.25) is 0 Å². The molecule has 0 bridgehead atoms. The maximum Gasteiger partial charge on any atom is 0.168 e. The molecule has 15 heavy (non-hydrogen) atoms. The van der Waals surface area contributed by atoms with Gasteiger partial charge in [0.2, 0.25) is 0 Å². The van der Waals surface area contributed by atoms with Gasteiger partial charge in [-0.25, -0.2) is 9.38 Å². The standard InChI is InChI=1S/C9H10ClFN2O2/c1-15-8-2-5(11)7(14)3-6(8)13-9(12)4-10/h2-3,14H,4H2,1H3,(H2,12,13). The van der Waals surface area contributed by atoms with Gasteiger partial charge in [0.25, 0.3) is 0 Å². The third kappa shape index (κ3) is 2.73. The summed E-state index contributed by atoms with van der Waals surface area (Å²) in [6, 6.07) is 2.14.